The van der Waals surface area contributed by atoms with Gasteiger partial charge in [0.15, 0.2) is 0 Å². The third-order valence-electron chi connectivity index (χ3n) is 4.84. The molecule has 134 valence electrons. The molecular formula is C20H24FNO3. The number of benzene rings is 2. The van der Waals surface area contributed by atoms with Gasteiger partial charge in [0.25, 0.3) is 0 Å². The van der Waals surface area contributed by atoms with Gasteiger partial charge in [-0.2, -0.15) is 0 Å². The van der Waals surface area contributed by atoms with Gasteiger partial charge in [0, 0.05) is 11.5 Å². The molecule has 0 amide bonds. The summed E-state index contributed by atoms with van der Waals surface area (Å²) >= 11 is 0. The third-order valence-corrected chi connectivity index (χ3v) is 4.84. The Balaban J connectivity index is 1.67. The Morgan fingerprint density at radius 1 is 1.16 bits per heavy atom. The van der Waals surface area contributed by atoms with Crippen molar-refractivity contribution in [2.45, 2.75) is 24.7 Å². The van der Waals surface area contributed by atoms with Gasteiger partial charge in [-0.1, -0.05) is 48.5 Å². The minimum absolute atomic E-state index is 0.150. The Hall–Kier alpha value is -1.79. The largest absolute Gasteiger partial charge is 0.396 e. The van der Waals surface area contributed by atoms with Crippen LogP contribution in [0.25, 0.3) is 0 Å². The van der Waals surface area contributed by atoms with Crippen molar-refractivity contribution in [3.8, 4) is 0 Å². The first-order valence-electron chi connectivity index (χ1n) is 8.51. The van der Waals surface area contributed by atoms with E-state index >= 15 is 0 Å². The van der Waals surface area contributed by atoms with Gasteiger partial charge in [-0.15, -0.1) is 0 Å². The maximum atomic E-state index is 14.3. The lowest BCUT2D eigenvalue weighted by atomic mass is 9.74. The molecule has 1 aliphatic heterocycles. The fourth-order valence-electron chi connectivity index (χ4n) is 3.38. The minimum atomic E-state index is -0.973. The van der Waals surface area contributed by atoms with E-state index < -0.39 is 5.54 Å². The van der Waals surface area contributed by atoms with E-state index in [4.69, 9.17) is 15.2 Å². The molecule has 1 saturated heterocycles. The molecule has 0 radical (unpaired) electrons. The Bertz CT molecular complexity index is 682. The molecule has 3 N–H and O–H groups in total. The van der Waals surface area contributed by atoms with E-state index in [1.807, 2.05) is 30.3 Å². The van der Waals surface area contributed by atoms with Crippen LogP contribution >= 0.6 is 0 Å². The van der Waals surface area contributed by atoms with E-state index in [-0.39, 0.29) is 31.1 Å². The molecule has 0 spiro atoms. The van der Waals surface area contributed by atoms with Crippen molar-refractivity contribution in [2.24, 2.45) is 11.7 Å². The molecule has 2 aromatic rings. The summed E-state index contributed by atoms with van der Waals surface area (Å²) in [5.74, 6) is -0.705. The Morgan fingerprint density at radius 3 is 2.60 bits per heavy atom. The van der Waals surface area contributed by atoms with Crippen LogP contribution in [0.1, 0.15) is 17.5 Å². The molecule has 0 aliphatic carbocycles. The second-order valence-electron chi connectivity index (χ2n) is 6.56. The molecule has 1 aliphatic rings. The molecule has 3 rings (SSSR count). The molecule has 2 aromatic carbocycles. The minimum Gasteiger partial charge on any atom is -0.396 e. The lowest BCUT2D eigenvalue weighted by Gasteiger charge is -2.44. The fourth-order valence-corrected chi connectivity index (χ4v) is 3.38. The SMILES string of the molecule is NC1(c2ccccc2F)CC(COCc2ccccc2)OCC1CO. The summed E-state index contributed by atoms with van der Waals surface area (Å²) in [5.41, 5.74) is 7.11. The number of aliphatic hydroxyl groups is 1. The summed E-state index contributed by atoms with van der Waals surface area (Å²) in [6.07, 6.45) is 0.157. The Labute approximate surface area is 147 Å². The monoisotopic (exact) mass is 345 g/mol. The number of aliphatic hydroxyl groups excluding tert-OH is 1. The number of halogens is 1. The van der Waals surface area contributed by atoms with Gasteiger partial charge < -0.3 is 20.3 Å². The molecule has 0 saturated carbocycles. The van der Waals surface area contributed by atoms with Crippen molar-refractivity contribution in [1.82, 2.24) is 0 Å². The standard InChI is InChI=1S/C20H24FNO3/c21-19-9-5-4-8-18(19)20(22)10-17(25-13-16(20)11-23)14-24-12-15-6-2-1-3-7-15/h1-9,16-17,23H,10-14,22H2. The lowest BCUT2D eigenvalue weighted by molar-refractivity contribution is -0.105. The molecule has 0 aromatic heterocycles. The van der Waals surface area contributed by atoms with E-state index in [0.717, 1.165) is 5.56 Å². The number of hydrogen-bond donors (Lipinski definition) is 2. The zero-order valence-electron chi connectivity index (χ0n) is 14.1. The molecule has 25 heavy (non-hydrogen) atoms. The van der Waals surface area contributed by atoms with Crippen molar-refractivity contribution in [2.75, 3.05) is 19.8 Å². The van der Waals surface area contributed by atoms with Crippen LogP contribution < -0.4 is 5.73 Å². The molecule has 1 fully saturated rings. The van der Waals surface area contributed by atoms with E-state index in [1.165, 1.54) is 6.07 Å². The number of rotatable bonds is 6. The van der Waals surface area contributed by atoms with Crippen LogP contribution in [0, 0.1) is 11.7 Å². The highest BCUT2D eigenvalue weighted by Crippen LogP contribution is 2.38. The lowest BCUT2D eigenvalue weighted by Crippen LogP contribution is -2.55. The Kier molecular flexibility index (Phi) is 5.81. The zero-order valence-corrected chi connectivity index (χ0v) is 14.1. The van der Waals surface area contributed by atoms with Gasteiger partial charge in [-0.05, 0) is 18.1 Å². The van der Waals surface area contributed by atoms with Crippen LogP contribution in [0.4, 0.5) is 4.39 Å². The smallest absolute Gasteiger partial charge is 0.128 e. The normalized spacial score (nSPS) is 26.5. The van der Waals surface area contributed by atoms with Gasteiger partial charge in [0.1, 0.15) is 5.82 Å². The van der Waals surface area contributed by atoms with Gasteiger partial charge in [0.2, 0.25) is 0 Å². The summed E-state index contributed by atoms with van der Waals surface area (Å²) in [7, 11) is 0. The van der Waals surface area contributed by atoms with Gasteiger partial charge >= 0.3 is 0 Å². The molecule has 3 unspecified atom stereocenters. The first kappa shape index (κ1) is 18.0. The molecule has 4 nitrogen and oxygen atoms in total. The zero-order chi connectivity index (χ0) is 17.7. The van der Waals surface area contributed by atoms with Gasteiger partial charge in [-0.25, -0.2) is 4.39 Å². The predicted octanol–water partition coefficient (Wildman–Crippen LogP) is 2.59. The maximum absolute atomic E-state index is 14.3. The quantitative estimate of drug-likeness (QED) is 0.845. The molecule has 3 atom stereocenters. The van der Waals surface area contributed by atoms with Gasteiger partial charge in [-0.3, -0.25) is 0 Å². The van der Waals surface area contributed by atoms with E-state index in [1.54, 1.807) is 18.2 Å². The summed E-state index contributed by atoms with van der Waals surface area (Å²) < 4.78 is 25.8. The van der Waals surface area contributed by atoms with E-state index in [0.29, 0.717) is 25.2 Å². The van der Waals surface area contributed by atoms with E-state index in [2.05, 4.69) is 0 Å². The third kappa shape index (κ3) is 4.07. The van der Waals surface area contributed by atoms with Crippen molar-refractivity contribution in [1.29, 1.82) is 0 Å². The summed E-state index contributed by atoms with van der Waals surface area (Å²) in [6.45, 7) is 0.991. The highest BCUT2D eigenvalue weighted by Gasteiger charge is 2.44. The first-order chi connectivity index (χ1) is 12.1. The second-order valence-corrected chi connectivity index (χ2v) is 6.56. The van der Waals surface area contributed by atoms with Crippen LogP contribution in [0.2, 0.25) is 0 Å². The van der Waals surface area contributed by atoms with Gasteiger partial charge in [0.05, 0.1) is 38.1 Å². The van der Waals surface area contributed by atoms with Crippen LogP contribution in [0.5, 0.6) is 0 Å². The maximum Gasteiger partial charge on any atom is 0.128 e. The van der Waals surface area contributed by atoms with Crippen LogP contribution in [-0.4, -0.2) is 31.0 Å². The number of ether oxygens (including phenoxy) is 2. The number of hydrogen-bond acceptors (Lipinski definition) is 4. The average Bonchev–Trinajstić information content (AvgIpc) is 2.63. The van der Waals surface area contributed by atoms with Crippen molar-refractivity contribution in [3.05, 3.63) is 71.5 Å². The van der Waals surface area contributed by atoms with E-state index in [9.17, 15) is 9.50 Å². The highest BCUT2D eigenvalue weighted by molar-refractivity contribution is 5.28. The van der Waals surface area contributed by atoms with Crippen molar-refractivity contribution >= 4 is 0 Å². The second kappa shape index (κ2) is 8.06. The predicted molar refractivity (Wildman–Crippen MR) is 93.3 cm³/mol. The summed E-state index contributed by atoms with van der Waals surface area (Å²) in [5, 5.41) is 9.68. The van der Waals surface area contributed by atoms with Crippen LogP contribution in [-0.2, 0) is 21.6 Å². The Morgan fingerprint density at radius 2 is 1.88 bits per heavy atom. The first-order valence-corrected chi connectivity index (χ1v) is 8.51. The summed E-state index contributed by atoms with van der Waals surface area (Å²) in [6, 6.07) is 16.4. The average molecular weight is 345 g/mol. The topological polar surface area (TPSA) is 64.7 Å². The molecular weight excluding hydrogens is 321 g/mol. The highest BCUT2D eigenvalue weighted by atomic mass is 19.1. The summed E-state index contributed by atoms with van der Waals surface area (Å²) in [4.78, 5) is 0. The van der Waals surface area contributed by atoms with Crippen molar-refractivity contribution in [3.63, 3.8) is 0 Å². The molecule has 0 bridgehead atoms. The van der Waals surface area contributed by atoms with Crippen LogP contribution in [0.3, 0.4) is 0 Å². The molecule has 1 heterocycles. The number of nitrogens with two attached hydrogens (primary N) is 1. The fraction of sp³-hybridized carbons (Fsp3) is 0.400. The van der Waals surface area contributed by atoms with Crippen LogP contribution in [0.15, 0.2) is 54.6 Å². The molecule has 5 heteroatoms. The van der Waals surface area contributed by atoms with Crippen molar-refractivity contribution < 1.29 is 19.0 Å².